The van der Waals surface area contributed by atoms with Crippen LogP contribution in [0.5, 0.6) is 23.0 Å². The molecule has 3 atom stereocenters. The fourth-order valence-corrected chi connectivity index (χ4v) is 14.3. The van der Waals surface area contributed by atoms with Crippen LogP contribution in [0.25, 0.3) is 0 Å². The molecule has 15 rings (SSSR count). The van der Waals surface area contributed by atoms with Crippen molar-refractivity contribution in [3.63, 3.8) is 0 Å². The fourth-order valence-electron chi connectivity index (χ4n) is 14.3. The quantitative estimate of drug-likeness (QED) is 0.0503. The zero-order chi connectivity index (χ0) is 75.5. The number of amides is 5. The molecule has 5 heterocycles. The van der Waals surface area contributed by atoms with Crippen molar-refractivity contribution in [1.29, 1.82) is 0 Å². The van der Waals surface area contributed by atoms with Gasteiger partial charge in [-0.05, 0) is 128 Å². The molecule has 107 heavy (non-hydrogen) atoms. The van der Waals surface area contributed by atoms with Crippen molar-refractivity contribution >= 4 is 70.9 Å². The van der Waals surface area contributed by atoms with Crippen molar-refractivity contribution in [2.24, 2.45) is 0 Å². The van der Waals surface area contributed by atoms with Crippen molar-refractivity contribution in [3.05, 3.63) is 224 Å². The monoisotopic (exact) mass is 1450 g/mol. The van der Waals surface area contributed by atoms with E-state index in [1.165, 1.54) is 5.56 Å². The summed E-state index contributed by atoms with van der Waals surface area (Å²) >= 11 is 0. The molecule has 3 unspecified atom stereocenters. The maximum absolute atomic E-state index is 13.2. The molecule has 3 aliphatic carbocycles. The highest BCUT2D eigenvalue weighted by Gasteiger charge is 2.47. The molecule has 1 saturated heterocycles. The van der Waals surface area contributed by atoms with Gasteiger partial charge in [-0.2, -0.15) is 0 Å². The van der Waals surface area contributed by atoms with Gasteiger partial charge in [-0.15, -0.1) is 0 Å². The molecule has 0 bridgehead atoms. The number of carbonyl (C=O) groups is 12. The lowest BCUT2D eigenvalue weighted by molar-refractivity contribution is -0.134. The van der Waals surface area contributed by atoms with Crippen molar-refractivity contribution in [1.82, 2.24) is 24.5 Å². The number of para-hydroxylation sites is 1. The molecule has 24 heteroatoms. The molecule has 0 spiro atoms. The summed E-state index contributed by atoms with van der Waals surface area (Å²) in [5.41, 5.74) is 9.86. The third kappa shape index (κ3) is 18.1. The number of ketones is 6. The van der Waals surface area contributed by atoms with Crippen molar-refractivity contribution in [3.8, 4) is 23.0 Å². The molecule has 4 fully saturated rings. The lowest BCUT2D eigenvalue weighted by Gasteiger charge is -2.29. The number of morpholine rings is 1. The van der Waals surface area contributed by atoms with E-state index < -0.39 is 35.5 Å². The van der Waals surface area contributed by atoms with E-state index in [0.717, 1.165) is 88.0 Å². The first-order chi connectivity index (χ1) is 51.6. The van der Waals surface area contributed by atoms with Gasteiger partial charge in [0.2, 0.25) is 0 Å². The van der Waals surface area contributed by atoms with E-state index in [1.807, 2.05) is 118 Å². The number of imide groups is 1. The van der Waals surface area contributed by atoms with Crippen LogP contribution in [0.15, 0.2) is 152 Å². The van der Waals surface area contributed by atoms with Crippen molar-refractivity contribution < 1.29 is 91.1 Å². The first kappa shape index (κ1) is 75.2. The molecule has 24 nitrogen and oxygen atoms in total. The summed E-state index contributed by atoms with van der Waals surface area (Å²) in [5, 5.41) is 6.89. The zero-order valence-electron chi connectivity index (χ0n) is 59.8. The van der Waals surface area contributed by atoms with Crippen LogP contribution >= 0.6 is 0 Å². The number of fused-ring (bicyclic) bond motifs is 4. The van der Waals surface area contributed by atoms with E-state index in [2.05, 4.69) is 17.0 Å². The highest BCUT2D eigenvalue weighted by molar-refractivity contribution is 6.25. The van der Waals surface area contributed by atoms with Crippen LogP contribution in [0.2, 0.25) is 0 Å². The Bertz CT molecular complexity index is 4580. The number of Topliss-reactive ketones (excluding diaryl/α,β-unsaturated/α-hetero) is 6. The molecule has 3 saturated carbocycles. The van der Waals surface area contributed by atoms with Crippen LogP contribution in [-0.4, -0.2) is 151 Å². The summed E-state index contributed by atoms with van der Waals surface area (Å²) in [6.07, 6.45) is 1.06. The number of hydrogen-bond donors (Lipinski definition) is 1. The van der Waals surface area contributed by atoms with E-state index in [0.29, 0.717) is 100 Å². The highest BCUT2D eigenvalue weighted by Crippen LogP contribution is 2.39. The first-order valence-electron chi connectivity index (χ1n) is 35.8. The number of hydrogen-bond acceptors (Lipinski definition) is 19. The predicted molar refractivity (Wildman–Crippen MR) is 386 cm³/mol. The SMILES string of the molecule is CC(C)(C)OC(=O)N1Cc2ccc(COc3cccc4c3CN(C3CCC(=O)CC3=O)C4=O)cc2C1.O=C1CCC(N2C(=O)c3cccc(OCc4ccc(CN5CCOCC5)cc4)c3C2=O)C(=O)C1.O=C1CCC(N2Cc3c(OCc4ccc(COc5ccccc5)cc4)cccc3C2=O)C(=O)C1.O=CO. The Morgan fingerprint density at radius 3 is 1.42 bits per heavy atom. The molecule has 0 aromatic heterocycles. The van der Waals surface area contributed by atoms with Crippen LogP contribution < -0.4 is 18.9 Å². The third-order valence-corrected chi connectivity index (χ3v) is 19.7. The second-order valence-corrected chi connectivity index (χ2v) is 28.3. The molecule has 5 amide bonds. The average Bonchev–Trinajstić information content (AvgIpc) is 1.61. The van der Waals surface area contributed by atoms with E-state index >= 15 is 0 Å². The van der Waals surface area contributed by atoms with E-state index in [1.54, 1.807) is 57.2 Å². The number of rotatable bonds is 17. The van der Waals surface area contributed by atoms with Gasteiger partial charge in [0.15, 0.2) is 17.3 Å². The Balaban J connectivity index is 0.000000147. The highest BCUT2D eigenvalue weighted by atomic mass is 16.6. The lowest BCUT2D eigenvalue weighted by atomic mass is 9.92. The Morgan fingerprint density at radius 2 is 0.916 bits per heavy atom. The second kappa shape index (κ2) is 33.7. The van der Waals surface area contributed by atoms with Gasteiger partial charge < -0.3 is 43.3 Å². The Kier molecular flexibility index (Phi) is 23.7. The van der Waals surface area contributed by atoms with Crippen molar-refractivity contribution in [2.45, 2.75) is 161 Å². The second-order valence-electron chi connectivity index (χ2n) is 28.3. The molecule has 5 aliphatic heterocycles. The summed E-state index contributed by atoms with van der Waals surface area (Å²) in [5.74, 6) is -0.0164. The maximum Gasteiger partial charge on any atom is 0.410 e. The number of nitrogens with zero attached hydrogens (tertiary/aromatic N) is 5. The molecule has 7 aromatic carbocycles. The van der Waals surface area contributed by atoms with Crippen LogP contribution in [0, 0.1) is 0 Å². The number of carbonyl (C=O) groups excluding carboxylic acids is 11. The summed E-state index contributed by atoms with van der Waals surface area (Å²) in [6, 6.07) is 45.6. The van der Waals surface area contributed by atoms with Gasteiger partial charge >= 0.3 is 6.09 Å². The van der Waals surface area contributed by atoms with Crippen molar-refractivity contribution in [2.75, 3.05) is 26.3 Å². The minimum absolute atomic E-state index is 0.0490. The Hall–Kier alpha value is -11.5. The molecule has 0 radical (unpaired) electrons. The fraction of sp³-hybridized carbons (Fsp3) is 0.349. The van der Waals surface area contributed by atoms with Crippen LogP contribution in [0.1, 0.15) is 170 Å². The minimum Gasteiger partial charge on any atom is -0.489 e. The Morgan fingerprint density at radius 1 is 0.477 bits per heavy atom. The van der Waals surface area contributed by atoms with Gasteiger partial charge in [0.05, 0.1) is 74.8 Å². The third-order valence-electron chi connectivity index (χ3n) is 19.7. The summed E-state index contributed by atoms with van der Waals surface area (Å²) in [4.78, 5) is 153. The summed E-state index contributed by atoms with van der Waals surface area (Å²) in [6.45, 7) is 12.6. The molecule has 7 aromatic rings. The summed E-state index contributed by atoms with van der Waals surface area (Å²) < 4.78 is 34.9. The molecular formula is C83H83N5O19. The lowest BCUT2D eigenvalue weighted by Crippen LogP contribution is -2.47. The predicted octanol–water partition coefficient (Wildman–Crippen LogP) is 10.7. The van der Waals surface area contributed by atoms with Gasteiger partial charge in [-0.3, -0.25) is 67.4 Å². The average molecular weight is 1450 g/mol. The zero-order valence-corrected chi connectivity index (χ0v) is 59.8. The molecule has 1 N–H and O–H groups in total. The number of ether oxygens (including phenoxy) is 6. The van der Waals surface area contributed by atoms with E-state index in [4.69, 9.17) is 38.3 Å². The number of benzene rings is 7. The maximum atomic E-state index is 13.2. The van der Waals surface area contributed by atoms with Crippen LogP contribution in [0.4, 0.5) is 4.79 Å². The molecule has 554 valence electrons. The smallest absolute Gasteiger partial charge is 0.410 e. The first-order valence-corrected chi connectivity index (χ1v) is 35.8. The summed E-state index contributed by atoms with van der Waals surface area (Å²) in [7, 11) is 0. The van der Waals surface area contributed by atoms with Crippen LogP contribution in [0.3, 0.4) is 0 Å². The van der Waals surface area contributed by atoms with Gasteiger partial charge in [0.1, 0.15) is 72.4 Å². The van der Waals surface area contributed by atoms with Gasteiger partial charge in [0.25, 0.3) is 30.1 Å². The molecular weight excluding hydrogens is 1370 g/mol. The van der Waals surface area contributed by atoms with Crippen LogP contribution in [-0.2, 0) is 102 Å². The normalized spacial score (nSPS) is 19.0. The minimum atomic E-state index is -0.892. The Labute approximate surface area is 618 Å². The van der Waals surface area contributed by atoms with Gasteiger partial charge in [-0.25, -0.2) is 4.79 Å². The molecule has 8 aliphatic rings. The van der Waals surface area contributed by atoms with E-state index in [9.17, 15) is 52.7 Å². The largest absolute Gasteiger partial charge is 0.489 e. The van der Waals surface area contributed by atoms with E-state index in [-0.39, 0.29) is 109 Å². The topological polar surface area (TPSA) is 297 Å². The standard InChI is InChI=1S/C28H30N2O6.C28H25NO5.C26H26N2O6.CH2O2/c1-28(2,3)36-27(34)29-13-18-8-7-17(11-19(18)14-29)16-35-25-6-4-5-21-22(25)15-30(26(21)33)23-10-9-20(31)12-24(23)32;30-21-13-14-25(26(31)15-21)29-16-24-23(28(29)32)7-4-8-27(24)34-18-20-11-9-19(10-12-20)17-33-22-5-2-1-3-6-22;29-19-8-9-21(22(30)14-19)28-25(31)20-2-1-3-23(24(20)26(28)32)34-16-18-6-4-17(5-7-18)15-27-10-12-33-13-11-27;2-1-3/h4-8,11,23H,9-10,12-16H2,1-3H3;1-12,25H,13-18H2;1-7,21H,8-16H2;1H,(H,2,3). The van der Waals surface area contributed by atoms with Gasteiger partial charge in [-0.1, -0.05) is 103 Å². The van der Waals surface area contributed by atoms with Gasteiger partial charge in [0, 0.05) is 74.2 Å². The number of carboxylic acid groups (broad SMARTS) is 1.